The lowest BCUT2D eigenvalue weighted by atomic mass is 9.84. The monoisotopic (exact) mass is 254 g/mol. The molecule has 0 N–H and O–H groups in total. The zero-order chi connectivity index (χ0) is 13.0. The van der Waals surface area contributed by atoms with Crippen molar-refractivity contribution < 1.29 is 9.53 Å². The molecule has 0 aromatic heterocycles. The van der Waals surface area contributed by atoms with Crippen molar-refractivity contribution in [2.24, 2.45) is 0 Å². The van der Waals surface area contributed by atoms with E-state index in [9.17, 15) is 4.79 Å². The number of urea groups is 1. The van der Waals surface area contributed by atoms with Crippen LogP contribution in [0.1, 0.15) is 46.0 Å². The molecule has 2 saturated heterocycles. The first kappa shape index (κ1) is 13.7. The fourth-order valence-corrected chi connectivity index (χ4v) is 3.10. The molecule has 18 heavy (non-hydrogen) atoms. The van der Waals surface area contributed by atoms with Gasteiger partial charge in [0.2, 0.25) is 0 Å². The molecular formula is C14H26N2O2. The first-order valence-corrected chi connectivity index (χ1v) is 7.38. The summed E-state index contributed by atoms with van der Waals surface area (Å²) in [6.07, 6.45) is 5.69. The summed E-state index contributed by atoms with van der Waals surface area (Å²) >= 11 is 0. The molecule has 0 saturated carbocycles. The molecule has 0 unspecified atom stereocenters. The van der Waals surface area contributed by atoms with Crippen molar-refractivity contribution in [3.63, 3.8) is 0 Å². The number of likely N-dealkylation sites (tertiary alicyclic amines) is 1. The average Bonchev–Trinajstić information content (AvgIpc) is 2.42. The van der Waals surface area contributed by atoms with Gasteiger partial charge in [-0.2, -0.15) is 0 Å². The van der Waals surface area contributed by atoms with Crippen molar-refractivity contribution in [2.45, 2.75) is 51.6 Å². The van der Waals surface area contributed by atoms with Gasteiger partial charge in [-0.15, -0.1) is 0 Å². The van der Waals surface area contributed by atoms with E-state index < -0.39 is 0 Å². The maximum Gasteiger partial charge on any atom is 0.319 e. The van der Waals surface area contributed by atoms with Gasteiger partial charge in [0.15, 0.2) is 0 Å². The lowest BCUT2D eigenvalue weighted by molar-refractivity contribution is -0.107. The lowest BCUT2D eigenvalue weighted by Gasteiger charge is -2.44. The molecule has 2 rings (SSSR count). The molecule has 2 heterocycles. The summed E-state index contributed by atoms with van der Waals surface area (Å²) in [6, 6.07) is 0.200. The van der Waals surface area contributed by atoms with Crippen LogP contribution in [0.15, 0.2) is 0 Å². The first-order chi connectivity index (χ1) is 8.71. The van der Waals surface area contributed by atoms with Crippen LogP contribution in [0, 0.1) is 0 Å². The van der Waals surface area contributed by atoms with Crippen LogP contribution >= 0.6 is 0 Å². The molecule has 2 aliphatic rings. The maximum absolute atomic E-state index is 12.2. The van der Waals surface area contributed by atoms with E-state index in [4.69, 9.17) is 4.74 Å². The highest BCUT2D eigenvalue weighted by Gasteiger charge is 2.38. The Morgan fingerprint density at radius 2 is 1.83 bits per heavy atom. The molecule has 0 radical (unpaired) electrons. The minimum Gasteiger partial charge on any atom is -0.375 e. The average molecular weight is 254 g/mol. The Bertz CT molecular complexity index is 274. The number of nitrogens with zero attached hydrogens (tertiary/aromatic N) is 2. The minimum absolute atomic E-state index is 0.0955. The molecule has 4 nitrogen and oxygen atoms in total. The zero-order valence-electron chi connectivity index (χ0n) is 11.8. The number of rotatable bonds is 2. The molecule has 2 fully saturated rings. The van der Waals surface area contributed by atoms with Crippen LogP contribution in [0.5, 0.6) is 0 Å². The van der Waals surface area contributed by atoms with Gasteiger partial charge in [-0.1, -0.05) is 0 Å². The van der Waals surface area contributed by atoms with Crippen molar-refractivity contribution in [1.82, 2.24) is 9.80 Å². The van der Waals surface area contributed by atoms with Crippen LogP contribution < -0.4 is 0 Å². The van der Waals surface area contributed by atoms with Gasteiger partial charge in [0.25, 0.3) is 0 Å². The summed E-state index contributed by atoms with van der Waals surface area (Å²) in [4.78, 5) is 16.1. The molecule has 2 aliphatic heterocycles. The normalized spacial score (nSPS) is 23.1. The highest BCUT2D eigenvalue weighted by molar-refractivity contribution is 5.74. The number of carbonyl (C=O) groups excluding carboxylic acids is 1. The molecule has 0 aliphatic carbocycles. The minimum atomic E-state index is 0.0955. The highest BCUT2D eigenvalue weighted by atomic mass is 16.5. The van der Waals surface area contributed by atoms with Crippen molar-refractivity contribution in [2.75, 3.05) is 32.8 Å². The van der Waals surface area contributed by atoms with Crippen molar-refractivity contribution in [3.05, 3.63) is 0 Å². The topological polar surface area (TPSA) is 32.8 Å². The van der Waals surface area contributed by atoms with Gasteiger partial charge in [0.1, 0.15) is 0 Å². The third-order valence-electron chi connectivity index (χ3n) is 4.41. The third-order valence-corrected chi connectivity index (χ3v) is 4.41. The van der Waals surface area contributed by atoms with E-state index in [1.165, 1.54) is 19.3 Å². The van der Waals surface area contributed by atoms with Crippen LogP contribution in [-0.4, -0.2) is 54.2 Å². The van der Waals surface area contributed by atoms with Crippen LogP contribution in [0.25, 0.3) is 0 Å². The van der Waals surface area contributed by atoms with E-state index in [1.54, 1.807) is 0 Å². The predicted molar refractivity (Wildman–Crippen MR) is 71.7 cm³/mol. The largest absolute Gasteiger partial charge is 0.375 e. The van der Waals surface area contributed by atoms with Gasteiger partial charge in [-0.3, -0.25) is 0 Å². The summed E-state index contributed by atoms with van der Waals surface area (Å²) in [5.41, 5.74) is 0.0955. The van der Waals surface area contributed by atoms with Gasteiger partial charge in [-0.05, 0) is 46.0 Å². The molecule has 0 atom stereocenters. The molecule has 0 bridgehead atoms. The molecule has 0 aromatic carbocycles. The van der Waals surface area contributed by atoms with E-state index in [-0.39, 0.29) is 11.6 Å². The molecule has 1 spiro atoms. The zero-order valence-corrected chi connectivity index (χ0v) is 11.8. The standard InChI is InChI=1S/C14H26N2O2/c1-3-15(4-2)13(17)16-10-8-14(9-11-16)7-5-6-12-18-14/h3-12H2,1-2H3. The number of hydrogen-bond acceptors (Lipinski definition) is 2. The summed E-state index contributed by atoms with van der Waals surface area (Å²) in [5, 5.41) is 0. The van der Waals surface area contributed by atoms with E-state index in [2.05, 4.69) is 0 Å². The van der Waals surface area contributed by atoms with Crippen molar-refractivity contribution >= 4 is 6.03 Å². The van der Waals surface area contributed by atoms with Crippen LogP contribution in [0.3, 0.4) is 0 Å². The Morgan fingerprint density at radius 1 is 1.17 bits per heavy atom. The second kappa shape index (κ2) is 5.91. The quantitative estimate of drug-likeness (QED) is 0.758. The van der Waals surface area contributed by atoms with Gasteiger partial charge >= 0.3 is 6.03 Å². The Labute approximate surface area is 110 Å². The second-order valence-electron chi connectivity index (χ2n) is 5.43. The van der Waals surface area contributed by atoms with Crippen molar-refractivity contribution in [3.8, 4) is 0 Å². The lowest BCUT2D eigenvalue weighted by Crippen LogP contribution is -2.52. The number of ether oxygens (including phenoxy) is 1. The molecular weight excluding hydrogens is 228 g/mol. The molecule has 104 valence electrons. The fourth-order valence-electron chi connectivity index (χ4n) is 3.10. The summed E-state index contributed by atoms with van der Waals surface area (Å²) < 4.78 is 6.00. The SMILES string of the molecule is CCN(CC)C(=O)N1CCC2(CCCCO2)CC1. The Balaban J connectivity index is 1.87. The first-order valence-electron chi connectivity index (χ1n) is 7.38. The van der Waals surface area contributed by atoms with Crippen LogP contribution in [-0.2, 0) is 4.74 Å². The number of carbonyl (C=O) groups is 1. The van der Waals surface area contributed by atoms with E-state index in [0.29, 0.717) is 0 Å². The van der Waals surface area contributed by atoms with Gasteiger partial charge in [-0.25, -0.2) is 4.79 Å². The Morgan fingerprint density at radius 3 is 2.33 bits per heavy atom. The van der Waals surface area contributed by atoms with Gasteiger partial charge < -0.3 is 14.5 Å². The maximum atomic E-state index is 12.2. The molecule has 4 heteroatoms. The molecule has 0 aromatic rings. The third kappa shape index (κ3) is 2.79. The summed E-state index contributed by atoms with van der Waals surface area (Å²) in [5.74, 6) is 0. The van der Waals surface area contributed by atoms with Crippen molar-refractivity contribution in [1.29, 1.82) is 0 Å². The number of piperidine rings is 1. The van der Waals surface area contributed by atoms with Gasteiger partial charge in [0.05, 0.1) is 5.60 Å². The number of amides is 2. The highest BCUT2D eigenvalue weighted by Crippen LogP contribution is 2.34. The van der Waals surface area contributed by atoms with E-state index in [0.717, 1.165) is 45.6 Å². The van der Waals surface area contributed by atoms with Gasteiger partial charge in [0, 0.05) is 32.8 Å². The Kier molecular flexibility index (Phi) is 4.49. The smallest absolute Gasteiger partial charge is 0.319 e. The Hall–Kier alpha value is -0.770. The second-order valence-corrected chi connectivity index (χ2v) is 5.43. The summed E-state index contributed by atoms with van der Waals surface area (Å²) in [7, 11) is 0. The fraction of sp³-hybridized carbons (Fsp3) is 0.929. The van der Waals surface area contributed by atoms with E-state index >= 15 is 0 Å². The van der Waals surface area contributed by atoms with E-state index in [1.807, 2.05) is 23.6 Å². The number of hydrogen-bond donors (Lipinski definition) is 0. The van der Waals surface area contributed by atoms with Crippen LogP contribution in [0.2, 0.25) is 0 Å². The van der Waals surface area contributed by atoms with Crippen LogP contribution in [0.4, 0.5) is 4.79 Å². The predicted octanol–water partition coefficient (Wildman–Crippen LogP) is 2.48. The summed E-state index contributed by atoms with van der Waals surface area (Å²) in [6.45, 7) is 8.30. The molecule has 2 amide bonds.